The van der Waals surface area contributed by atoms with E-state index in [1.54, 1.807) is 0 Å². The maximum Gasteiger partial charge on any atom is 0.0705 e. The zero-order valence-electron chi connectivity index (χ0n) is 23.9. The Morgan fingerprint density at radius 2 is 1.55 bits per heavy atom. The van der Waals surface area contributed by atoms with Gasteiger partial charge in [-0.25, -0.2) is 0 Å². The number of aliphatic hydroxyl groups excluding tert-OH is 2. The maximum atomic E-state index is 10.3. The number of hydrogen-bond donors (Lipinski definition) is 4. The molecular formula is C32H42N4O2. The Balaban J connectivity index is 1.92. The Hall–Kier alpha value is -2.96. The molecular weight excluding hydrogens is 472 g/mol. The van der Waals surface area contributed by atoms with Gasteiger partial charge in [-0.1, -0.05) is 27.7 Å². The highest BCUT2D eigenvalue weighted by Gasteiger charge is 2.38. The molecule has 0 spiro atoms. The Labute approximate surface area is 225 Å². The number of hydrogen-bond acceptors (Lipinski definition) is 4. The highest BCUT2D eigenvalue weighted by Crippen LogP contribution is 2.45. The first-order chi connectivity index (χ1) is 18.1. The number of aromatic nitrogens is 4. The first kappa shape index (κ1) is 26.6. The average molecular weight is 515 g/mol. The molecule has 4 N–H and O–H groups in total. The van der Waals surface area contributed by atoms with E-state index in [-0.39, 0.29) is 30.5 Å². The molecule has 38 heavy (non-hydrogen) atoms. The second-order valence-corrected chi connectivity index (χ2v) is 11.8. The van der Waals surface area contributed by atoms with Crippen LogP contribution in [-0.4, -0.2) is 36.8 Å². The summed E-state index contributed by atoms with van der Waals surface area (Å²) in [6, 6.07) is 8.74. The summed E-state index contributed by atoms with van der Waals surface area (Å²) in [5.74, 6) is 0.747. The molecule has 8 bridgehead atoms. The largest absolute Gasteiger partial charge is 0.396 e. The summed E-state index contributed by atoms with van der Waals surface area (Å²) in [5.41, 5.74) is 12.5. The SMILES string of the molecule is CCC1c2cc3[nH]c(cc3C)c(C)c3nc(cc4[nH]c(cc(n2)C1(C)C)c(CO)c4C)[C@@H](C)[C@@H]3CCCO. The van der Waals surface area contributed by atoms with E-state index in [9.17, 15) is 10.2 Å². The van der Waals surface area contributed by atoms with Crippen molar-refractivity contribution in [1.29, 1.82) is 0 Å². The lowest BCUT2D eigenvalue weighted by molar-refractivity contribution is 0.277. The number of fused-ring (bicyclic) bond motifs is 8. The standard InChI is InChI=1S/C32H42N4O2/c1-8-23-29-13-24-17(2)12-25(33-24)20(5)31-21(10-9-11-37)18(3)27(36-31)14-26-19(4)22(16-38)28(34-26)15-30(35-29)32(23,6)7/h12-15,18,21,23,33-34,37-38H,8-11,16H2,1-7H3/t18-,21-,23?/m0/s1. The van der Waals surface area contributed by atoms with Crippen molar-refractivity contribution in [1.82, 2.24) is 19.9 Å². The first-order valence-electron chi connectivity index (χ1n) is 14.0. The van der Waals surface area contributed by atoms with E-state index in [1.165, 1.54) is 5.56 Å². The molecule has 0 aromatic carbocycles. The predicted molar refractivity (Wildman–Crippen MR) is 155 cm³/mol. The minimum absolute atomic E-state index is 0.0365. The van der Waals surface area contributed by atoms with Crippen LogP contribution in [0, 0.1) is 20.8 Å². The Bertz CT molecular complexity index is 1530. The lowest BCUT2D eigenvalue weighted by Gasteiger charge is -2.26. The highest BCUT2D eigenvalue weighted by atomic mass is 16.3. The molecule has 6 heteroatoms. The number of aryl methyl sites for hydroxylation is 3. The normalized spacial score (nSPS) is 20.7. The second-order valence-electron chi connectivity index (χ2n) is 11.8. The second kappa shape index (κ2) is 9.97. The third-order valence-corrected chi connectivity index (χ3v) is 9.21. The van der Waals surface area contributed by atoms with Gasteiger partial charge < -0.3 is 20.2 Å². The van der Waals surface area contributed by atoms with E-state index in [1.807, 2.05) is 0 Å². The summed E-state index contributed by atoms with van der Waals surface area (Å²) >= 11 is 0. The van der Waals surface area contributed by atoms with Gasteiger partial charge in [-0.3, -0.25) is 9.97 Å². The van der Waals surface area contributed by atoms with Crippen molar-refractivity contribution in [3.05, 3.63) is 69.3 Å². The van der Waals surface area contributed by atoms with Crippen molar-refractivity contribution in [2.45, 2.75) is 97.5 Å². The molecule has 0 saturated heterocycles. The van der Waals surface area contributed by atoms with Crippen molar-refractivity contribution in [3.8, 4) is 0 Å². The molecule has 5 rings (SSSR count). The molecule has 0 amide bonds. The Morgan fingerprint density at radius 3 is 2.24 bits per heavy atom. The van der Waals surface area contributed by atoms with Crippen molar-refractivity contribution >= 4 is 22.1 Å². The average Bonchev–Trinajstić information content (AvgIpc) is 3.55. The Morgan fingerprint density at radius 1 is 0.868 bits per heavy atom. The fraction of sp³-hybridized carbons (Fsp3) is 0.500. The van der Waals surface area contributed by atoms with Crippen LogP contribution in [0.25, 0.3) is 22.1 Å². The molecule has 6 nitrogen and oxygen atoms in total. The van der Waals surface area contributed by atoms with Crippen LogP contribution in [-0.2, 0) is 12.0 Å². The van der Waals surface area contributed by atoms with Crippen molar-refractivity contribution < 1.29 is 10.2 Å². The minimum Gasteiger partial charge on any atom is -0.396 e. The molecule has 3 atom stereocenters. The molecule has 0 radical (unpaired) electrons. The zero-order chi connectivity index (χ0) is 27.4. The number of nitrogens with one attached hydrogen (secondary N) is 2. The molecule has 2 aliphatic heterocycles. The van der Waals surface area contributed by atoms with Gasteiger partial charge in [0.2, 0.25) is 0 Å². The molecule has 1 unspecified atom stereocenters. The smallest absolute Gasteiger partial charge is 0.0705 e. The van der Waals surface area contributed by atoms with Crippen LogP contribution in [0.3, 0.4) is 0 Å². The minimum atomic E-state index is -0.136. The van der Waals surface area contributed by atoms with Crippen LogP contribution in [0.5, 0.6) is 0 Å². The summed E-state index contributed by atoms with van der Waals surface area (Å²) in [5, 5.41) is 19.9. The van der Waals surface area contributed by atoms with Crippen LogP contribution < -0.4 is 0 Å². The van der Waals surface area contributed by atoms with Crippen LogP contribution in [0.1, 0.15) is 110 Å². The van der Waals surface area contributed by atoms with Crippen molar-refractivity contribution in [3.63, 3.8) is 0 Å². The third-order valence-electron chi connectivity index (χ3n) is 9.21. The molecule has 3 aromatic rings. The summed E-state index contributed by atoms with van der Waals surface area (Å²) < 4.78 is 0. The molecule has 0 fully saturated rings. The van der Waals surface area contributed by atoms with E-state index in [2.05, 4.69) is 82.7 Å². The molecule has 3 aromatic heterocycles. The molecule has 0 aliphatic carbocycles. The van der Waals surface area contributed by atoms with Gasteiger partial charge in [0, 0.05) is 80.2 Å². The summed E-state index contributed by atoms with van der Waals surface area (Å²) in [7, 11) is 0. The number of aromatic amines is 2. The summed E-state index contributed by atoms with van der Waals surface area (Å²) in [4.78, 5) is 17.7. The van der Waals surface area contributed by atoms with E-state index in [0.717, 1.165) is 80.8 Å². The van der Waals surface area contributed by atoms with Gasteiger partial charge in [-0.2, -0.15) is 0 Å². The fourth-order valence-corrected chi connectivity index (χ4v) is 6.62. The van der Waals surface area contributed by atoms with E-state index >= 15 is 0 Å². The fourth-order valence-electron chi connectivity index (χ4n) is 6.62. The first-order valence-corrected chi connectivity index (χ1v) is 14.0. The van der Waals surface area contributed by atoms with Gasteiger partial charge in [0.25, 0.3) is 0 Å². The topological polar surface area (TPSA) is 97.8 Å². The van der Waals surface area contributed by atoms with Gasteiger partial charge in [-0.05, 0) is 81.0 Å². The lowest BCUT2D eigenvalue weighted by atomic mass is 9.75. The molecule has 0 saturated carbocycles. The monoisotopic (exact) mass is 514 g/mol. The van der Waals surface area contributed by atoms with Crippen molar-refractivity contribution in [2.75, 3.05) is 6.61 Å². The number of rotatable bonds is 5. The lowest BCUT2D eigenvalue weighted by Crippen LogP contribution is -2.21. The van der Waals surface area contributed by atoms with Crippen molar-refractivity contribution in [2.24, 2.45) is 0 Å². The van der Waals surface area contributed by atoms with Crippen LogP contribution in [0.4, 0.5) is 0 Å². The van der Waals surface area contributed by atoms with Gasteiger partial charge in [0.05, 0.1) is 6.61 Å². The van der Waals surface area contributed by atoms with E-state index < -0.39 is 0 Å². The van der Waals surface area contributed by atoms with Crippen LogP contribution >= 0.6 is 0 Å². The number of aliphatic hydroxyl groups is 2. The van der Waals surface area contributed by atoms with E-state index in [0.29, 0.717) is 5.92 Å². The van der Waals surface area contributed by atoms with Crippen LogP contribution in [0.2, 0.25) is 0 Å². The summed E-state index contributed by atoms with van der Waals surface area (Å²) in [6.45, 7) is 15.5. The molecule has 5 heterocycles. The quantitative estimate of drug-likeness (QED) is 0.299. The van der Waals surface area contributed by atoms with Crippen LogP contribution in [0.15, 0.2) is 24.3 Å². The highest BCUT2D eigenvalue weighted by molar-refractivity contribution is 5.72. The Kier molecular flexibility index (Phi) is 6.99. The van der Waals surface area contributed by atoms with Gasteiger partial charge in [-0.15, -0.1) is 0 Å². The maximum absolute atomic E-state index is 10.3. The van der Waals surface area contributed by atoms with Gasteiger partial charge >= 0.3 is 0 Å². The van der Waals surface area contributed by atoms with Gasteiger partial charge in [0.1, 0.15) is 0 Å². The van der Waals surface area contributed by atoms with E-state index in [4.69, 9.17) is 9.97 Å². The molecule has 202 valence electrons. The van der Waals surface area contributed by atoms with Gasteiger partial charge in [0.15, 0.2) is 0 Å². The third kappa shape index (κ3) is 4.28. The summed E-state index contributed by atoms with van der Waals surface area (Å²) in [6.07, 6.45) is 2.63. The number of nitrogens with zero attached hydrogens (tertiary/aromatic N) is 2. The predicted octanol–water partition coefficient (Wildman–Crippen LogP) is 6.86. The molecule has 2 aliphatic rings. The number of H-pyrrole nitrogens is 2. The zero-order valence-corrected chi connectivity index (χ0v) is 23.9.